The summed E-state index contributed by atoms with van der Waals surface area (Å²) in [6.45, 7) is 6.10. The molecule has 2 fully saturated rings. The van der Waals surface area contributed by atoms with Crippen LogP contribution in [0.25, 0.3) is 0 Å². The molecule has 3 aliphatic heterocycles. The molecule has 2 aromatic rings. The lowest BCUT2D eigenvalue weighted by molar-refractivity contribution is -0.124. The summed E-state index contributed by atoms with van der Waals surface area (Å²) < 4.78 is 27.6. The molecule has 3 heterocycles. The third kappa shape index (κ3) is 3.92. The van der Waals surface area contributed by atoms with Gasteiger partial charge in [0.1, 0.15) is 0 Å². The maximum absolute atomic E-state index is 13.5. The first-order valence-corrected chi connectivity index (χ1v) is 13.5. The highest BCUT2D eigenvalue weighted by Crippen LogP contribution is 2.35. The van der Waals surface area contributed by atoms with Crippen LogP contribution in [0.5, 0.6) is 0 Å². The first-order chi connectivity index (χ1) is 16.3. The molecule has 8 heteroatoms. The minimum atomic E-state index is -3.50. The van der Waals surface area contributed by atoms with Crippen LogP contribution >= 0.6 is 0 Å². The Kier molecular flexibility index (Phi) is 5.98. The van der Waals surface area contributed by atoms with Gasteiger partial charge in [-0.3, -0.25) is 9.59 Å². The van der Waals surface area contributed by atoms with Gasteiger partial charge in [-0.15, -0.1) is 0 Å². The number of hydrogen-bond acceptors (Lipinski definition) is 4. The molecule has 0 aromatic heterocycles. The molecule has 0 unspecified atom stereocenters. The highest BCUT2D eigenvalue weighted by Gasteiger charge is 2.39. The number of rotatable bonds is 4. The number of anilines is 2. The Hall–Kier alpha value is -2.71. The smallest absolute Gasteiger partial charge is 0.243 e. The number of carbonyl (C=O) groups excluding carboxylic acids is 2. The molecule has 2 aromatic carbocycles. The first kappa shape index (κ1) is 23.1. The molecule has 3 aliphatic rings. The third-order valence-corrected chi connectivity index (χ3v) is 9.37. The topological polar surface area (TPSA) is 78.0 Å². The zero-order valence-electron chi connectivity index (χ0n) is 19.8. The molecule has 2 saturated heterocycles. The van der Waals surface area contributed by atoms with Gasteiger partial charge >= 0.3 is 0 Å². The van der Waals surface area contributed by atoms with Crippen LogP contribution in [0, 0.1) is 19.8 Å². The summed E-state index contributed by atoms with van der Waals surface area (Å²) >= 11 is 0. The summed E-state index contributed by atoms with van der Waals surface area (Å²) in [5, 5.41) is 0. The quantitative estimate of drug-likeness (QED) is 0.671. The van der Waals surface area contributed by atoms with Gasteiger partial charge in [0.05, 0.1) is 10.8 Å². The van der Waals surface area contributed by atoms with Gasteiger partial charge < -0.3 is 9.80 Å². The molecule has 0 bridgehead atoms. The predicted octanol–water partition coefficient (Wildman–Crippen LogP) is 3.42. The van der Waals surface area contributed by atoms with Crippen LogP contribution in [0.15, 0.2) is 41.3 Å². The normalized spacial score (nSPS) is 21.2. The van der Waals surface area contributed by atoms with Crippen LogP contribution in [0.3, 0.4) is 0 Å². The first-order valence-electron chi connectivity index (χ1n) is 12.1. The van der Waals surface area contributed by atoms with Gasteiger partial charge in [0, 0.05) is 44.0 Å². The number of carbonyl (C=O) groups is 2. The van der Waals surface area contributed by atoms with E-state index in [1.54, 1.807) is 32.3 Å². The highest BCUT2D eigenvalue weighted by atomic mass is 32.2. The largest absolute Gasteiger partial charge is 0.312 e. The molecule has 1 atom stereocenters. The molecule has 180 valence electrons. The Balaban J connectivity index is 1.38. The van der Waals surface area contributed by atoms with E-state index in [2.05, 4.69) is 0 Å². The maximum Gasteiger partial charge on any atom is 0.243 e. The fraction of sp³-hybridized carbons (Fsp3) is 0.462. The molecule has 5 rings (SSSR count). The highest BCUT2D eigenvalue weighted by molar-refractivity contribution is 7.89. The number of sulfonamides is 1. The molecular formula is C26H31N3O4S. The van der Waals surface area contributed by atoms with Crippen molar-refractivity contribution in [2.45, 2.75) is 50.8 Å². The molecule has 0 spiro atoms. The minimum absolute atomic E-state index is 0.0312. The number of fused-ring (bicyclic) bond motifs is 1. The van der Waals surface area contributed by atoms with E-state index >= 15 is 0 Å². The lowest BCUT2D eigenvalue weighted by Gasteiger charge is -2.32. The zero-order valence-corrected chi connectivity index (χ0v) is 20.6. The summed E-state index contributed by atoms with van der Waals surface area (Å²) in [7, 11) is -3.50. The van der Waals surface area contributed by atoms with Gasteiger partial charge in [-0.05, 0) is 80.5 Å². The number of benzene rings is 2. The molecule has 2 amide bonds. The number of hydrogen-bond donors (Lipinski definition) is 0. The Labute approximate surface area is 201 Å². The van der Waals surface area contributed by atoms with Crippen LogP contribution in [0.2, 0.25) is 0 Å². The molecule has 7 nitrogen and oxygen atoms in total. The van der Waals surface area contributed by atoms with Crippen LogP contribution in [0.4, 0.5) is 11.4 Å². The molecule has 0 radical (unpaired) electrons. The summed E-state index contributed by atoms with van der Waals surface area (Å²) in [4.78, 5) is 30.2. The Morgan fingerprint density at radius 1 is 0.971 bits per heavy atom. The van der Waals surface area contributed by atoms with Crippen molar-refractivity contribution in [2.24, 2.45) is 5.92 Å². The van der Waals surface area contributed by atoms with E-state index in [1.165, 1.54) is 0 Å². The average molecular weight is 482 g/mol. The third-order valence-electron chi connectivity index (χ3n) is 7.48. The monoisotopic (exact) mass is 481 g/mol. The van der Waals surface area contributed by atoms with Crippen molar-refractivity contribution in [3.05, 3.63) is 53.1 Å². The second-order valence-electron chi connectivity index (χ2n) is 9.62. The van der Waals surface area contributed by atoms with E-state index in [0.29, 0.717) is 31.1 Å². The second kappa shape index (κ2) is 8.82. The van der Waals surface area contributed by atoms with Crippen molar-refractivity contribution in [1.29, 1.82) is 0 Å². The lowest BCUT2D eigenvalue weighted by atomic mass is 9.99. The number of aryl methyl sites for hydroxylation is 2. The second-order valence-corrected chi connectivity index (χ2v) is 11.6. The summed E-state index contributed by atoms with van der Waals surface area (Å²) in [5.41, 5.74) is 4.70. The van der Waals surface area contributed by atoms with E-state index in [1.807, 2.05) is 32.0 Å². The zero-order chi connectivity index (χ0) is 24.0. The van der Waals surface area contributed by atoms with Gasteiger partial charge in [-0.25, -0.2) is 8.42 Å². The van der Waals surface area contributed by atoms with Gasteiger partial charge in [0.2, 0.25) is 21.8 Å². The van der Waals surface area contributed by atoms with E-state index in [9.17, 15) is 18.0 Å². The van der Waals surface area contributed by atoms with Crippen molar-refractivity contribution >= 4 is 33.2 Å². The van der Waals surface area contributed by atoms with Crippen molar-refractivity contribution in [1.82, 2.24) is 4.31 Å². The van der Waals surface area contributed by atoms with Gasteiger partial charge in [0.15, 0.2) is 0 Å². The average Bonchev–Trinajstić information content (AvgIpc) is 3.50. The van der Waals surface area contributed by atoms with E-state index in [4.69, 9.17) is 0 Å². The van der Waals surface area contributed by atoms with Crippen LogP contribution in [0.1, 0.15) is 42.4 Å². The van der Waals surface area contributed by atoms with Gasteiger partial charge in [-0.1, -0.05) is 12.1 Å². The van der Waals surface area contributed by atoms with Crippen LogP contribution in [-0.2, 0) is 26.0 Å². The van der Waals surface area contributed by atoms with Crippen LogP contribution < -0.4 is 9.80 Å². The SMILES string of the molecule is Cc1cccc(N2C[C@H](C(=O)N3CCCc4cc(S(=O)(=O)N5CCCC5)ccc43)CC2=O)c1C. The predicted molar refractivity (Wildman–Crippen MR) is 131 cm³/mol. The van der Waals surface area contributed by atoms with Gasteiger partial charge in [-0.2, -0.15) is 4.31 Å². The van der Waals surface area contributed by atoms with Gasteiger partial charge in [0.25, 0.3) is 0 Å². The summed E-state index contributed by atoms with van der Waals surface area (Å²) in [5.74, 6) is -0.500. The molecule has 34 heavy (non-hydrogen) atoms. The van der Waals surface area contributed by atoms with Crippen molar-refractivity contribution in [3.63, 3.8) is 0 Å². The summed E-state index contributed by atoms with van der Waals surface area (Å²) in [6, 6.07) is 11.0. The van der Waals surface area contributed by atoms with E-state index in [0.717, 1.165) is 53.7 Å². The molecule has 0 saturated carbocycles. The van der Waals surface area contributed by atoms with Crippen molar-refractivity contribution in [2.75, 3.05) is 36.0 Å². The Morgan fingerprint density at radius 3 is 2.50 bits per heavy atom. The molecular weight excluding hydrogens is 450 g/mol. The van der Waals surface area contributed by atoms with Crippen LogP contribution in [-0.4, -0.2) is 50.7 Å². The van der Waals surface area contributed by atoms with Crippen molar-refractivity contribution in [3.8, 4) is 0 Å². The van der Waals surface area contributed by atoms with Crippen molar-refractivity contribution < 1.29 is 18.0 Å². The number of nitrogens with zero attached hydrogens (tertiary/aromatic N) is 3. The fourth-order valence-corrected chi connectivity index (χ4v) is 6.96. The molecule has 0 aliphatic carbocycles. The maximum atomic E-state index is 13.5. The lowest BCUT2D eigenvalue weighted by Crippen LogP contribution is -2.40. The number of amides is 2. The minimum Gasteiger partial charge on any atom is -0.312 e. The standard InChI is InChI=1S/C26H31N3O4S/c1-18-7-5-9-23(19(18)2)29-17-21(16-25(29)30)26(31)28-14-6-8-20-15-22(10-11-24(20)28)34(32,33)27-12-3-4-13-27/h5,7,9-11,15,21H,3-4,6,8,12-14,16-17H2,1-2H3/t21-/m1/s1. The fourth-order valence-electron chi connectivity index (χ4n) is 5.39. The Morgan fingerprint density at radius 2 is 1.74 bits per heavy atom. The Bertz CT molecular complexity index is 1250. The van der Waals surface area contributed by atoms with E-state index in [-0.39, 0.29) is 18.2 Å². The van der Waals surface area contributed by atoms with E-state index < -0.39 is 15.9 Å². The molecule has 0 N–H and O–H groups in total. The summed E-state index contributed by atoms with van der Waals surface area (Å²) in [6.07, 6.45) is 3.49.